The standard InChI is InChI=1S/C14H18F3N/c15-14(16,17)12-6-3-5-10(8-12)13-7-2-1-4-11(13)9-18/h3,5-6,8,11,13H,1-2,4,7,9,18H2. The van der Waals surface area contributed by atoms with Gasteiger partial charge in [-0.3, -0.25) is 0 Å². The van der Waals surface area contributed by atoms with E-state index < -0.39 is 11.7 Å². The summed E-state index contributed by atoms with van der Waals surface area (Å²) in [4.78, 5) is 0. The molecule has 2 atom stereocenters. The Balaban J connectivity index is 2.27. The van der Waals surface area contributed by atoms with Crippen LogP contribution in [0.15, 0.2) is 24.3 Å². The number of rotatable bonds is 2. The van der Waals surface area contributed by atoms with Crippen molar-refractivity contribution in [2.24, 2.45) is 11.7 Å². The summed E-state index contributed by atoms with van der Waals surface area (Å²) in [7, 11) is 0. The Hall–Kier alpha value is -1.03. The van der Waals surface area contributed by atoms with E-state index in [0.717, 1.165) is 37.3 Å². The monoisotopic (exact) mass is 257 g/mol. The summed E-state index contributed by atoms with van der Waals surface area (Å²) in [5.41, 5.74) is 5.97. The third-order valence-electron chi connectivity index (χ3n) is 3.85. The SMILES string of the molecule is NCC1CCCCC1c1cccc(C(F)(F)F)c1. The Bertz CT molecular complexity index is 400. The maximum atomic E-state index is 12.7. The van der Waals surface area contributed by atoms with Crippen LogP contribution in [0.5, 0.6) is 0 Å². The average molecular weight is 257 g/mol. The molecular weight excluding hydrogens is 239 g/mol. The minimum absolute atomic E-state index is 0.186. The average Bonchev–Trinajstić information content (AvgIpc) is 2.38. The summed E-state index contributed by atoms with van der Waals surface area (Å²) >= 11 is 0. The maximum absolute atomic E-state index is 12.7. The molecule has 18 heavy (non-hydrogen) atoms. The van der Waals surface area contributed by atoms with Gasteiger partial charge in [0.15, 0.2) is 0 Å². The van der Waals surface area contributed by atoms with E-state index in [9.17, 15) is 13.2 Å². The first-order chi connectivity index (χ1) is 8.52. The van der Waals surface area contributed by atoms with Crippen LogP contribution >= 0.6 is 0 Å². The van der Waals surface area contributed by atoms with Crippen LogP contribution in [0, 0.1) is 5.92 Å². The molecule has 0 heterocycles. The highest BCUT2D eigenvalue weighted by Gasteiger charge is 2.32. The van der Waals surface area contributed by atoms with E-state index in [4.69, 9.17) is 5.73 Å². The lowest BCUT2D eigenvalue weighted by molar-refractivity contribution is -0.137. The molecule has 0 saturated heterocycles. The molecule has 1 aromatic carbocycles. The summed E-state index contributed by atoms with van der Waals surface area (Å²) < 4.78 is 38.1. The summed E-state index contributed by atoms with van der Waals surface area (Å²) in [5.74, 6) is 0.508. The van der Waals surface area contributed by atoms with Crippen molar-refractivity contribution in [2.45, 2.75) is 37.8 Å². The third kappa shape index (κ3) is 2.86. The van der Waals surface area contributed by atoms with Gasteiger partial charge in [-0.05, 0) is 42.9 Å². The molecule has 100 valence electrons. The topological polar surface area (TPSA) is 26.0 Å². The Morgan fingerprint density at radius 3 is 2.56 bits per heavy atom. The number of hydrogen-bond acceptors (Lipinski definition) is 1. The molecule has 1 nitrogen and oxygen atoms in total. The lowest BCUT2D eigenvalue weighted by Crippen LogP contribution is -2.25. The van der Waals surface area contributed by atoms with Crippen LogP contribution in [0.2, 0.25) is 0 Å². The Morgan fingerprint density at radius 1 is 1.17 bits per heavy atom. The van der Waals surface area contributed by atoms with Crippen molar-refractivity contribution < 1.29 is 13.2 Å². The molecule has 0 radical (unpaired) electrons. The van der Waals surface area contributed by atoms with Gasteiger partial charge in [0.25, 0.3) is 0 Å². The molecule has 2 rings (SSSR count). The highest BCUT2D eigenvalue weighted by atomic mass is 19.4. The van der Waals surface area contributed by atoms with Gasteiger partial charge in [-0.2, -0.15) is 13.2 Å². The van der Waals surface area contributed by atoms with Crippen LogP contribution in [-0.2, 0) is 6.18 Å². The number of benzene rings is 1. The maximum Gasteiger partial charge on any atom is 0.416 e. The zero-order chi connectivity index (χ0) is 13.2. The van der Waals surface area contributed by atoms with Crippen molar-refractivity contribution in [3.63, 3.8) is 0 Å². The van der Waals surface area contributed by atoms with Gasteiger partial charge >= 0.3 is 6.18 Å². The fraction of sp³-hybridized carbons (Fsp3) is 0.571. The quantitative estimate of drug-likeness (QED) is 0.853. The van der Waals surface area contributed by atoms with Gasteiger partial charge in [-0.25, -0.2) is 0 Å². The van der Waals surface area contributed by atoms with Gasteiger partial charge in [-0.1, -0.05) is 31.0 Å². The number of nitrogens with two attached hydrogens (primary N) is 1. The Labute approximate surface area is 105 Å². The molecule has 1 aliphatic rings. The summed E-state index contributed by atoms with van der Waals surface area (Å²) in [5, 5.41) is 0. The second kappa shape index (κ2) is 5.31. The molecule has 2 N–H and O–H groups in total. The summed E-state index contributed by atoms with van der Waals surface area (Å²) in [6.45, 7) is 0.556. The highest BCUT2D eigenvalue weighted by Crippen LogP contribution is 2.39. The van der Waals surface area contributed by atoms with E-state index in [1.165, 1.54) is 12.1 Å². The van der Waals surface area contributed by atoms with E-state index in [2.05, 4.69) is 0 Å². The number of halogens is 3. The van der Waals surface area contributed by atoms with E-state index in [0.29, 0.717) is 12.5 Å². The fourth-order valence-corrected chi connectivity index (χ4v) is 2.87. The molecule has 0 spiro atoms. The predicted molar refractivity (Wildman–Crippen MR) is 65.2 cm³/mol. The zero-order valence-electron chi connectivity index (χ0n) is 10.2. The van der Waals surface area contributed by atoms with Gasteiger partial charge < -0.3 is 5.73 Å². The smallest absolute Gasteiger partial charge is 0.330 e. The number of alkyl halides is 3. The van der Waals surface area contributed by atoms with Gasteiger partial charge in [0, 0.05) is 0 Å². The lowest BCUT2D eigenvalue weighted by Gasteiger charge is -2.31. The van der Waals surface area contributed by atoms with Gasteiger partial charge in [0.1, 0.15) is 0 Å². The highest BCUT2D eigenvalue weighted by molar-refractivity contribution is 5.29. The molecule has 0 amide bonds. The van der Waals surface area contributed by atoms with Crippen molar-refractivity contribution in [2.75, 3.05) is 6.54 Å². The van der Waals surface area contributed by atoms with Crippen LogP contribution in [0.1, 0.15) is 42.7 Å². The molecular formula is C14H18F3N. The molecule has 0 bridgehead atoms. The van der Waals surface area contributed by atoms with Crippen molar-refractivity contribution in [3.8, 4) is 0 Å². The van der Waals surface area contributed by atoms with E-state index in [-0.39, 0.29) is 5.92 Å². The predicted octanol–water partition coefficient (Wildman–Crippen LogP) is 3.94. The minimum Gasteiger partial charge on any atom is -0.330 e. The zero-order valence-corrected chi connectivity index (χ0v) is 10.2. The van der Waals surface area contributed by atoms with E-state index in [1.54, 1.807) is 6.07 Å². The van der Waals surface area contributed by atoms with Crippen LogP contribution in [0.3, 0.4) is 0 Å². The minimum atomic E-state index is -4.26. The lowest BCUT2D eigenvalue weighted by atomic mass is 9.75. The molecule has 2 unspecified atom stereocenters. The number of hydrogen-bond donors (Lipinski definition) is 1. The normalized spacial score (nSPS) is 25.1. The van der Waals surface area contributed by atoms with Crippen LogP contribution in [0.4, 0.5) is 13.2 Å². The molecule has 1 fully saturated rings. The largest absolute Gasteiger partial charge is 0.416 e. The van der Waals surface area contributed by atoms with E-state index in [1.807, 2.05) is 0 Å². The molecule has 1 saturated carbocycles. The Morgan fingerprint density at radius 2 is 1.89 bits per heavy atom. The van der Waals surface area contributed by atoms with Crippen molar-refractivity contribution >= 4 is 0 Å². The van der Waals surface area contributed by atoms with E-state index >= 15 is 0 Å². The van der Waals surface area contributed by atoms with Crippen LogP contribution < -0.4 is 5.73 Å². The molecule has 0 aliphatic heterocycles. The first-order valence-electron chi connectivity index (χ1n) is 6.39. The van der Waals surface area contributed by atoms with Crippen molar-refractivity contribution in [3.05, 3.63) is 35.4 Å². The third-order valence-corrected chi connectivity index (χ3v) is 3.85. The fourth-order valence-electron chi connectivity index (χ4n) is 2.87. The van der Waals surface area contributed by atoms with Gasteiger partial charge in [0.05, 0.1) is 5.56 Å². The molecule has 0 aromatic heterocycles. The first kappa shape index (κ1) is 13.4. The summed E-state index contributed by atoms with van der Waals surface area (Å²) in [6.07, 6.45) is -0.0712. The first-order valence-corrected chi connectivity index (χ1v) is 6.39. The van der Waals surface area contributed by atoms with Crippen LogP contribution in [-0.4, -0.2) is 6.54 Å². The van der Waals surface area contributed by atoms with Crippen LogP contribution in [0.25, 0.3) is 0 Å². The van der Waals surface area contributed by atoms with Gasteiger partial charge in [0.2, 0.25) is 0 Å². The van der Waals surface area contributed by atoms with Gasteiger partial charge in [-0.15, -0.1) is 0 Å². The summed E-state index contributed by atoms with van der Waals surface area (Å²) in [6, 6.07) is 5.72. The molecule has 1 aromatic rings. The second-order valence-electron chi connectivity index (χ2n) is 5.01. The second-order valence-corrected chi connectivity index (χ2v) is 5.01. The molecule has 4 heteroatoms. The Kier molecular flexibility index (Phi) is 3.95. The van der Waals surface area contributed by atoms with Crippen molar-refractivity contribution in [1.82, 2.24) is 0 Å². The molecule has 1 aliphatic carbocycles. The van der Waals surface area contributed by atoms with Crippen molar-refractivity contribution in [1.29, 1.82) is 0 Å².